The van der Waals surface area contributed by atoms with Crippen molar-refractivity contribution < 1.29 is 9.53 Å². The summed E-state index contributed by atoms with van der Waals surface area (Å²) >= 11 is 0. The lowest BCUT2D eigenvalue weighted by molar-refractivity contribution is -0.142. The lowest BCUT2D eigenvalue weighted by Gasteiger charge is -2.41. The first-order chi connectivity index (χ1) is 7.84. The molecular weight excluding hydrogens is 216 g/mol. The molecule has 1 aliphatic rings. The van der Waals surface area contributed by atoms with Crippen LogP contribution >= 0.6 is 0 Å². The highest BCUT2D eigenvalue weighted by Crippen LogP contribution is 2.22. The lowest BCUT2D eigenvalue weighted by atomic mass is 9.99. The third-order valence-corrected chi connectivity index (χ3v) is 3.31. The second-order valence-corrected chi connectivity index (χ2v) is 6.02. The van der Waals surface area contributed by atoms with Gasteiger partial charge in [-0.25, -0.2) is 0 Å². The number of methoxy groups -OCH3 is 1. The second kappa shape index (κ2) is 5.83. The zero-order valence-corrected chi connectivity index (χ0v) is 11.7. The van der Waals surface area contributed by atoms with Crippen molar-refractivity contribution in [2.45, 2.75) is 45.7 Å². The molecule has 1 N–H and O–H groups in total. The van der Waals surface area contributed by atoms with Gasteiger partial charge in [-0.2, -0.15) is 0 Å². The zero-order valence-electron chi connectivity index (χ0n) is 11.7. The smallest absolute Gasteiger partial charge is 0.307 e. The van der Waals surface area contributed by atoms with Crippen molar-refractivity contribution in [3.05, 3.63) is 0 Å². The van der Waals surface area contributed by atoms with E-state index in [1.807, 2.05) is 0 Å². The molecule has 17 heavy (non-hydrogen) atoms. The van der Waals surface area contributed by atoms with Crippen molar-refractivity contribution in [3.8, 4) is 0 Å². The van der Waals surface area contributed by atoms with Crippen LogP contribution in [0.25, 0.3) is 0 Å². The van der Waals surface area contributed by atoms with Gasteiger partial charge in [0.25, 0.3) is 0 Å². The van der Waals surface area contributed by atoms with E-state index >= 15 is 0 Å². The van der Waals surface area contributed by atoms with E-state index in [1.54, 1.807) is 0 Å². The number of carbonyl (C=O) groups is 1. The molecule has 0 aromatic rings. The average Bonchev–Trinajstić information content (AvgIpc) is 2.40. The molecule has 1 fully saturated rings. The Hall–Kier alpha value is -0.610. The summed E-state index contributed by atoms with van der Waals surface area (Å²) in [6, 6.07) is 0.229. The largest absolute Gasteiger partial charge is 0.469 e. The molecule has 1 aliphatic heterocycles. The minimum Gasteiger partial charge on any atom is -0.469 e. The molecule has 0 saturated carbocycles. The fraction of sp³-hybridized carbons (Fsp3) is 0.923. The van der Waals surface area contributed by atoms with Crippen LogP contribution < -0.4 is 5.32 Å². The monoisotopic (exact) mass is 242 g/mol. The number of nitrogens with zero attached hydrogens (tertiary/aromatic N) is 1. The first-order valence-electron chi connectivity index (χ1n) is 6.39. The number of hydrogen-bond donors (Lipinski definition) is 1. The lowest BCUT2D eigenvalue weighted by Crippen LogP contribution is -2.51. The fourth-order valence-corrected chi connectivity index (χ4v) is 2.44. The van der Waals surface area contributed by atoms with Gasteiger partial charge in [0.05, 0.1) is 13.5 Å². The normalized spacial score (nSPS) is 27.6. The summed E-state index contributed by atoms with van der Waals surface area (Å²) in [5.74, 6) is 0.484. The predicted molar refractivity (Wildman–Crippen MR) is 68.9 cm³/mol. The third-order valence-electron chi connectivity index (χ3n) is 3.31. The number of carbonyl (C=O) groups excluding carboxylic acids is 1. The Balaban J connectivity index is 2.77. The average molecular weight is 242 g/mol. The van der Waals surface area contributed by atoms with Crippen LogP contribution in [-0.2, 0) is 9.53 Å². The SMILES string of the molecule is COC(=O)CC1CNCC(C)CN1C(C)(C)C. The van der Waals surface area contributed by atoms with Gasteiger partial charge in [-0.15, -0.1) is 0 Å². The summed E-state index contributed by atoms with van der Waals surface area (Å²) in [7, 11) is 1.45. The molecule has 0 aliphatic carbocycles. The Bertz CT molecular complexity index is 261. The van der Waals surface area contributed by atoms with Gasteiger partial charge >= 0.3 is 5.97 Å². The van der Waals surface area contributed by atoms with Crippen LogP contribution in [0.1, 0.15) is 34.1 Å². The van der Waals surface area contributed by atoms with Crippen LogP contribution in [0, 0.1) is 5.92 Å². The van der Waals surface area contributed by atoms with Gasteiger partial charge in [-0.1, -0.05) is 6.92 Å². The quantitative estimate of drug-likeness (QED) is 0.740. The highest BCUT2D eigenvalue weighted by Gasteiger charge is 2.33. The Kier molecular flexibility index (Phi) is 4.95. The fourth-order valence-electron chi connectivity index (χ4n) is 2.44. The second-order valence-electron chi connectivity index (χ2n) is 6.02. The molecule has 4 nitrogen and oxygen atoms in total. The Morgan fingerprint density at radius 1 is 1.41 bits per heavy atom. The van der Waals surface area contributed by atoms with Gasteiger partial charge < -0.3 is 10.1 Å². The van der Waals surface area contributed by atoms with Crippen LogP contribution in [0.4, 0.5) is 0 Å². The summed E-state index contributed by atoms with van der Waals surface area (Å²) in [5.41, 5.74) is 0.0823. The van der Waals surface area contributed by atoms with Crippen molar-refractivity contribution in [3.63, 3.8) is 0 Å². The van der Waals surface area contributed by atoms with E-state index in [0.717, 1.165) is 19.6 Å². The van der Waals surface area contributed by atoms with Gasteiger partial charge in [-0.05, 0) is 33.2 Å². The highest BCUT2D eigenvalue weighted by atomic mass is 16.5. The van der Waals surface area contributed by atoms with E-state index in [0.29, 0.717) is 12.3 Å². The van der Waals surface area contributed by atoms with Gasteiger partial charge in [0.2, 0.25) is 0 Å². The molecule has 2 atom stereocenters. The van der Waals surface area contributed by atoms with Crippen LogP contribution in [0.2, 0.25) is 0 Å². The number of hydrogen-bond acceptors (Lipinski definition) is 4. The minimum absolute atomic E-state index is 0.0823. The molecule has 0 spiro atoms. The maximum atomic E-state index is 11.5. The Morgan fingerprint density at radius 2 is 2.06 bits per heavy atom. The molecule has 4 heteroatoms. The maximum absolute atomic E-state index is 11.5. The van der Waals surface area contributed by atoms with E-state index < -0.39 is 0 Å². The van der Waals surface area contributed by atoms with Gasteiger partial charge in [0, 0.05) is 24.7 Å². The van der Waals surface area contributed by atoms with Crippen LogP contribution in [0.5, 0.6) is 0 Å². The summed E-state index contributed by atoms with van der Waals surface area (Å²) in [5, 5.41) is 3.43. The van der Waals surface area contributed by atoms with Crippen LogP contribution in [0.15, 0.2) is 0 Å². The first-order valence-corrected chi connectivity index (χ1v) is 6.39. The van der Waals surface area contributed by atoms with Gasteiger partial charge in [0.15, 0.2) is 0 Å². The van der Waals surface area contributed by atoms with E-state index in [2.05, 4.69) is 37.9 Å². The molecule has 0 aromatic carbocycles. The van der Waals surface area contributed by atoms with E-state index in [1.165, 1.54) is 7.11 Å². The number of rotatable bonds is 2. The Morgan fingerprint density at radius 3 is 2.59 bits per heavy atom. The summed E-state index contributed by atoms with van der Waals surface area (Å²) in [4.78, 5) is 13.9. The molecule has 0 amide bonds. The van der Waals surface area contributed by atoms with Crippen molar-refractivity contribution in [2.24, 2.45) is 5.92 Å². The topological polar surface area (TPSA) is 41.6 Å². The summed E-state index contributed by atoms with van der Waals surface area (Å²) in [6.45, 7) is 11.8. The summed E-state index contributed by atoms with van der Waals surface area (Å²) in [6.07, 6.45) is 0.466. The predicted octanol–water partition coefficient (Wildman–Crippen LogP) is 1.26. The van der Waals surface area contributed by atoms with Gasteiger partial charge in [0.1, 0.15) is 0 Å². The van der Waals surface area contributed by atoms with Gasteiger partial charge in [-0.3, -0.25) is 9.69 Å². The number of ether oxygens (including phenoxy) is 1. The third kappa shape index (κ3) is 4.28. The Labute approximate surface area is 105 Å². The number of nitrogens with one attached hydrogen (secondary N) is 1. The first kappa shape index (κ1) is 14.5. The van der Waals surface area contributed by atoms with Crippen molar-refractivity contribution in [1.82, 2.24) is 10.2 Å². The molecule has 0 radical (unpaired) electrons. The minimum atomic E-state index is -0.124. The molecular formula is C13H26N2O2. The molecule has 0 bridgehead atoms. The molecule has 1 rings (SSSR count). The maximum Gasteiger partial charge on any atom is 0.307 e. The highest BCUT2D eigenvalue weighted by molar-refractivity contribution is 5.70. The van der Waals surface area contributed by atoms with Crippen LogP contribution in [0.3, 0.4) is 0 Å². The zero-order chi connectivity index (χ0) is 13.1. The number of esters is 1. The van der Waals surface area contributed by atoms with Crippen molar-refractivity contribution in [2.75, 3.05) is 26.7 Å². The molecule has 100 valence electrons. The molecule has 2 unspecified atom stereocenters. The van der Waals surface area contributed by atoms with Crippen molar-refractivity contribution >= 4 is 5.97 Å². The molecule has 1 heterocycles. The van der Waals surface area contributed by atoms with Crippen LogP contribution in [-0.4, -0.2) is 49.2 Å². The van der Waals surface area contributed by atoms with Crippen molar-refractivity contribution in [1.29, 1.82) is 0 Å². The molecule has 1 saturated heterocycles. The summed E-state index contributed by atoms with van der Waals surface area (Å²) < 4.78 is 4.79. The molecule has 0 aromatic heterocycles. The standard InChI is InChI=1S/C13H26N2O2/c1-10-7-14-8-11(6-12(16)17-5)15(9-10)13(2,3)4/h10-11,14H,6-9H2,1-5H3. The van der Waals surface area contributed by atoms with E-state index in [4.69, 9.17) is 4.74 Å². The van der Waals surface area contributed by atoms with E-state index in [-0.39, 0.29) is 17.6 Å². The van der Waals surface area contributed by atoms with E-state index in [9.17, 15) is 4.79 Å².